The molecule has 0 spiro atoms. The Morgan fingerprint density at radius 1 is 1.19 bits per heavy atom. The molecule has 2 aromatic rings. The maximum absolute atomic E-state index is 14.6. The van der Waals surface area contributed by atoms with E-state index in [4.69, 9.17) is 10.5 Å². The zero-order valence-electron chi connectivity index (χ0n) is 19.0. The van der Waals surface area contributed by atoms with Gasteiger partial charge in [0.05, 0.1) is 18.5 Å². The summed E-state index contributed by atoms with van der Waals surface area (Å²) < 4.78 is 19.8. The summed E-state index contributed by atoms with van der Waals surface area (Å²) in [4.78, 5) is 8.87. The van der Waals surface area contributed by atoms with Gasteiger partial charge in [-0.2, -0.15) is 0 Å². The van der Waals surface area contributed by atoms with E-state index in [0.29, 0.717) is 47.6 Å². The highest BCUT2D eigenvalue weighted by atomic mass is 19.1. The Bertz CT molecular complexity index is 898. The van der Waals surface area contributed by atoms with Gasteiger partial charge in [0, 0.05) is 42.9 Å². The average molecular weight is 443 g/mol. The van der Waals surface area contributed by atoms with E-state index in [1.54, 1.807) is 13.2 Å². The Hall–Kier alpha value is -2.29. The molecule has 0 aromatic carbocycles. The van der Waals surface area contributed by atoms with Crippen molar-refractivity contribution in [2.45, 2.75) is 69.1 Å². The number of ether oxygens (including phenoxy) is 1. The van der Waals surface area contributed by atoms with Crippen LogP contribution in [-0.2, 0) is 4.74 Å². The molecule has 5 N–H and O–H groups in total. The lowest BCUT2D eigenvalue weighted by molar-refractivity contribution is 0.161. The minimum Gasteiger partial charge on any atom is -0.383 e. The van der Waals surface area contributed by atoms with Crippen LogP contribution in [0.5, 0.6) is 0 Å². The van der Waals surface area contributed by atoms with E-state index in [0.717, 1.165) is 45.1 Å². The topological polar surface area (TPSA) is 97.1 Å². The molecule has 2 aliphatic carbocycles. The van der Waals surface area contributed by atoms with Crippen molar-refractivity contribution in [3.05, 3.63) is 36.3 Å². The molecule has 7 nitrogen and oxygen atoms in total. The minimum atomic E-state index is -0.377. The SMILES string of the molecule is COC[C@@H](C)N[C@H]1CC[C@H](Nc2cc(-c3cccc(NCC4(N)CC4)n3)c(F)cn2)CC1. The second-order valence-electron chi connectivity index (χ2n) is 9.39. The number of pyridine rings is 2. The number of halogens is 1. The van der Waals surface area contributed by atoms with Crippen LogP contribution in [0.3, 0.4) is 0 Å². The van der Waals surface area contributed by atoms with E-state index >= 15 is 0 Å². The summed E-state index contributed by atoms with van der Waals surface area (Å²) in [7, 11) is 1.73. The number of hydrogen-bond donors (Lipinski definition) is 4. The van der Waals surface area contributed by atoms with Gasteiger partial charge in [-0.15, -0.1) is 0 Å². The lowest BCUT2D eigenvalue weighted by Crippen LogP contribution is -2.42. The average Bonchev–Trinajstić information content (AvgIpc) is 3.53. The minimum absolute atomic E-state index is 0.118. The standard InChI is InChI=1S/C24H35FN6O/c1-16(14-32-2)29-17-6-8-18(9-7-17)30-23-12-19(20(25)13-27-23)21-4-3-5-22(31-21)28-15-24(26)10-11-24/h3-5,12-13,16-18,29H,6-11,14-15,26H2,1-2H3,(H,27,30)(H,28,31)/t16-,17-,18-/m1/s1. The molecule has 4 rings (SSSR count). The van der Waals surface area contributed by atoms with Crippen LogP contribution in [0.4, 0.5) is 16.0 Å². The van der Waals surface area contributed by atoms with Gasteiger partial charge in [0.15, 0.2) is 5.82 Å². The van der Waals surface area contributed by atoms with Gasteiger partial charge in [-0.1, -0.05) is 6.07 Å². The van der Waals surface area contributed by atoms with Crippen LogP contribution in [-0.4, -0.2) is 53.9 Å². The highest BCUT2D eigenvalue weighted by Crippen LogP contribution is 2.32. The van der Waals surface area contributed by atoms with Crippen LogP contribution in [0.15, 0.2) is 30.5 Å². The van der Waals surface area contributed by atoms with Crippen LogP contribution in [0, 0.1) is 5.82 Å². The number of nitrogens with one attached hydrogen (secondary N) is 3. The van der Waals surface area contributed by atoms with Crippen molar-refractivity contribution in [2.24, 2.45) is 5.73 Å². The number of nitrogens with zero attached hydrogens (tertiary/aromatic N) is 2. The van der Waals surface area contributed by atoms with E-state index in [9.17, 15) is 4.39 Å². The lowest BCUT2D eigenvalue weighted by atomic mass is 9.90. The molecule has 0 aliphatic heterocycles. The molecule has 0 amide bonds. The zero-order valence-corrected chi connectivity index (χ0v) is 19.0. The van der Waals surface area contributed by atoms with Crippen molar-refractivity contribution >= 4 is 11.6 Å². The quantitative estimate of drug-likeness (QED) is 0.447. The van der Waals surface area contributed by atoms with Gasteiger partial charge in [0.25, 0.3) is 0 Å². The zero-order chi connectivity index (χ0) is 22.6. The summed E-state index contributed by atoms with van der Waals surface area (Å²) >= 11 is 0. The third kappa shape index (κ3) is 6.15. The maximum Gasteiger partial charge on any atom is 0.151 e. The number of aromatic nitrogens is 2. The lowest BCUT2D eigenvalue weighted by Gasteiger charge is -2.31. The molecule has 2 fully saturated rings. The second kappa shape index (κ2) is 10.1. The van der Waals surface area contributed by atoms with E-state index in [-0.39, 0.29) is 11.4 Å². The molecular formula is C24H35FN6O. The number of rotatable bonds is 10. The summed E-state index contributed by atoms with van der Waals surface area (Å²) in [5.74, 6) is 1.01. The third-order valence-electron chi connectivity index (χ3n) is 6.41. The van der Waals surface area contributed by atoms with Gasteiger partial charge in [0.1, 0.15) is 11.6 Å². The summed E-state index contributed by atoms with van der Waals surface area (Å²) in [5, 5.41) is 10.4. The third-order valence-corrected chi connectivity index (χ3v) is 6.41. The summed E-state index contributed by atoms with van der Waals surface area (Å²) in [5.41, 5.74) is 7.06. The maximum atomic E-state index is 14.6. The molecule has 32 heavy (non-hydrogen) atoms. The van der Waals surface area contributed by atoms with Crippen LogP contribution in [0.25, 0.3) is 11.3 Å². The Kier molecular flexibility index (Phi) is 7.23. The van der Waals surface area contributed by atoms with Gasteiger partial charge in [0.2, 0.25) is 0 Å². The molecule has 1 atom stereocenters. The first-order valence-electron chi connectivity index (χ1n) is 11.6. The van der Waals surface area contributed by atoms with Crippen LogP contribution < -0.4 is 21.7 Å². The van der Waals surface area contributed by atoms with Crippen molar-refractivity contribution in [3.63, 3.8) is 0 Å². The van der Waals surface area contributed by atoms with Gasteiger partial charge >= 0.3 is 0 Å². The molecule has 8 heteroatoms. The largest absolute Gasteiger partial charge is 0.383 e. The summed E-state index contributed by atoms with van der Waals surface area (Å²) in [6.07, 6.45) is 7.61. The number of methoxy groups -OCH3 is 1. The summed E-state index contributed by atoms with van der Waals surface area (Å²) in [6.45, 7) is 3.55. The molecule has 0 unspecified atom stereocenters. The van der Waals surface area contributed by atoms with E-state index in [1.165, 1.54) is 6.20 Å². The number of nitrogens with two attached hydrogens (primary N) is 1. The predicted octanol–water partition coefficient (Wildman–Crippen LogP) is 3.53. The normalized spacial score (nSPS) is 22.9. The Morgan fingerprint density at radius 3 is 2.66 bits per heavy atom. The molecular weight excluding hydrogens is 407 g/mol. The molecule has 0 radical (unpaired) electrons. The monoisotopic (exact) mass is 442 g/mol. The summed E-state index contributed by atoms with van der Waals surface area (Å²) in [6, 6.07) is 8.54. The first kappa shape index (κ1) is 22.9. The number of anilines is 2. The first-order valence-corrected chi connectivity index (χ1v) is 11.6. The second-order valence-corrected chi connectivity index (χ2v) is 9.39. The molecule has 2 aliphatic rings. The van der Waals surface area contributed by atoms with E-state index in [1.807, 2.05) is 18.2 Å². The van der Waals surface area contributed by atoms with Gasteiger partial charge < -0.3 is 26.4 Å². The number of hydrogen-bond acceptors (Lipinski definition) is 7. The highest BCUT2D eigenvalue weighted by molar-refractivity contribution is 5.65. The Balaban J connectivity index is 1.36. The molecule has 0 saturated heterocycles. The van der Waals surface area contributed by atoms with Gasteiger partial charge in [-0.3, -0.25) is 0 Å². The fourth-order valence-corrected chi connectivity index (χ4v) is 4.32. The predicted molar refractivity (Wildman–Crippen MR) is 126 cm³/mol. The Labute approximate surface area is 189 Å². The van der Waals surface area contributed by atoms with E-state index in [2.05, 4.69) is 32.8 Å². The van der Waals surface area contributed by atoms with Crippen molar-refractivity contribution in [2.75, 3.05) is 30.9 Å². The van der Waals surface area contributed by atoms with Crippen molar-refractivity contribution < 1.29 is 9.13 Å². The first-order chi connectivity index (χ1) is 15.4. The van der Waals surface area contributed by atoms with Crippen LogP contribution >= 0.6 is 0 Å². The van der Waals surface area contributed by atoms with Crippen LogP contribution in [0.2, 0.25) is 0 Å². The molecule has 0 bridgehead atoms. The molecule has 174 valence electrons. The fourth-order valence-electron chi connectivity index (χ4n) is 4.32. The van der Waals surface area contributed by atoms with Crippen molar-refractivity contribution in [1.29, 1.82) is 0 Å². The van der Waals surface area contributed by atoms with Gasteiger partial charge in [-0.25, -0.2) is 14.4 Å². The van der Waals surface area contributed by atoms with Crippen LogP contribution in [0.1, 0.15) is 45.4 Å². The van der Waals surface area contributed by atoms with Crippen molar-refractivity contribution in [1.82, 2.24) is 15.3 Å². The smallest absolute Gasteiger partial charge is 0.151 e. The highest BCUT2D eigenvalue weighted by Gasteiger charge is 2.37. The molecule has 2 saturated carbocycles. The van der Waals surface area contributed by atoms with Crippen molar-refractivity contribution in [3.8, 4) is 11.3 Å². The Morgan fingerprint density at radius 2 is 1.94 bits per heavy atom. The fraction of sp³-hybridized carbons (Fsp3) is 0.583. The van der Waals surface area contributed by atoms with E-state index < -0.39 is 0 Å². The van der Waals surface area contributed by atoms with Gasteiger partial charge in [-0.05, 0) is 63.6 Å². The molecule has 2 aromatic heterocycles. The molecule has 2 heterocycles.